The molecule has 0 aromatic carbocycles. The van der Waals surface area contributed by atoms with Crippen molar-refractivity contribution < 1.29 is 0 Å². The molecule has 2 fully saturated rings. The first-order valence-electron chi connectivity index (χ1n) is 6.80. The fraction of sp³-hybridized carbons (Fsp3) is 1.00. The van der Waals surface area contributed by atoms with E-state index in [4.69, 9.17) is 0 Å². The molecule has 2 aliphatic rings. The summed E-state index contributed by atoms with van der Waals surface area (Å²) < 4.78 is 0. The molecule has 2 nitrogen and oxygen atoms in total. The third kappa shape index (κ3) is 3.38. The van der Waals surface area contributed by atoms with Crippen molar-refractivity contribution in [3.05, 3.63) is 0 Å². The molecule has 2 aliphatic heterocycles. The van der Waals surface area contributed by atoms with Gasteiger partial charge in [-0.1, -0.05) is 6.92 Å². The van der Waals surface area contributed by atoms with E-state index in [0.29, 0.717) is 0 Å². The monoisotopic (exact) mass is 242 g/mol. The van der Waals surface area contributed by atoms with Crippen molar-refractivity contribution in [3.8, 4) is 0 Å². The highest BCUT2D eigenvalue weighted by Crippen LogP contribution is 2.29. The van der Waals surface area contributed by atoms with Crippen molar-refractivity contribution in [3.63, 3.8) is 0 Å². The summed E-state index contributed by atoms with van der Waals surface area (Å²) in [5.41, 5.74) is 0. The van der Waals surface area contributed by atoms with E-state index in [2.05, 4.69) is 35.9 Å². The lowest BCUT2D eigenvalue weighted by Crippen LogP contribution is -2.44. The highest BCUT2D eigenvalue weighted by atomic mass is 32.2. The maximum Gasteiger partial charge on any atom is 0.0209 e. The number of hydrogen-bond donors (Lipinski definition) is 1. The average molecular weight is 242 g/mol. The Balaban J connectivity index is 1.78. The zero-order chi connectivity index (χ0) is 11.4. The summed E-state index contributed by atoms with van der Waals surface area (Å²) in [7, 11) is 2.34. The van der Waals surface area contributed by atoms with Gasteiger partial charge in [-0.15, -0.1) is 0 Å². The summed E-state index contributed by atoms with van der Waals surface area (Å²) >= 11 is 2.16. The van der Waals surface area contributed by atoms with E-state index in [1.165, 1.54) is 51.1 Å². The molecule has 0 saturated carbocycles. The minimum absolute atomic E-state index is 0.827. The van der Waals surface area contributed by atoms with Gasteiger partial charge in [0.25, 0.3) is 0 Å². The summed E-state index contributed by atoms with van der Waals surface area (Å²) in [5.74, 6) is 2.31. The summed E-state index contributed by atoms with van der Waals surface area (Å²) in [4.78, 5) is 2.65. The van der Waals surface area contributed by atoms with E-state index < -0.39 is 0 Å². The molecular weight excluding hydrogens is 216 g/mol. The van der Waals surface area contributed by atoms with Crippen molar-refractivity contribution in [1.29, 1.82) is 0 Å². The van der Waals surface area contributed by atoms with E-state index in [1.807, 2.05) is 0 Å². The van der Waals surface area contributed by atoms with Gasteiger partial charge in [0.05, 0.1) is 0 Å². The largest absolute Gasteiger partial charge is 0.317 e. The quantitative estimate of drug-likeness (QED) is 0.817. The minimum atomic E-state index is 0.827. The van der Waals surface area contributed by atoms with E-state index in [-0.39, 0.29) is 0 Å². The highest BCUT2D eigenvalue weighted by Gasteiger charge is 2.27. The molecule has 16 heavy (non-hydrogen) atoms. The lowest BCUT2D eigenvalue weighted by Gasteiger charge is -2.38. The first-order valence-corrected chi connectivity index (χ1v) is 7.85. The van der Waals surface area contributed by atoms with Crippen LogP contribution >= 0.6 is 11.8 Å². The third-order valence-electron chi connectivity index (χ3n) is 4.14. The van der Waals surface area contributed by atoms with Crippen LogP contribution in [0.1, 0.15) is 32.6 Å². The number of rotatable bonds is 3. The Morgan fingerprint density at radius 1 is 1.25 bits per heavy atom. The first-order chi connectivity index (χ1) is 7.77. The molecule has 2 heterocycles. The van der Waals surface area contributed by atoms with Crippen LogP contribution in [-0.2, 0) is 0 Å². The standard InChI is InChI=1S/C13H26N2S/c1-11-13(4-3-9-16-11)15(2)10-12-5-7-14-8-6-12/h11-14H,3-10H2,1-2H3. The molecule has 0 aliphatic carbocycles. The highest BCUT2D eigenvalue weighted by molar-refractivity contribution is 7.99. The molecule has 0 amide bonds. The van der Waals surface area contributed by atoms with Gasteiger partial charge in [0.2, 0.25) is 0 Å². The molecule has 3 heteroatoms. The van der Waals surface area contributed by atoms with E-state index in [0.717, 1.165) is 17.2 Å². The smallest absolute Gasteiger partial charge is 0.0209 e. The molecule has 2 rings (SSSR count). The molecule has 2 saturated heterocycles. The van der Waals surface area contributed by atoms with Crippen molar-refractivity contribution in [2.24, 2.45) is 5.92 Å². The van der Waals surface area contributed by atoms with Gasteiger partial charge in [-0.3, -0.25) is 0 Å². The fourth-order valence-electron chi connectivity index (χ4n) is 3.09. The molecule has 0 aromatic heterocycles. The Morgan fingerprint density at radius 2 is 2.00 bits per heavy atom. The molecule has 94 valence electrons. The Labute approximate surface area is 105 Å². The number of nitrogens with zero attached hydrogens (tertiary/aromatic N) is 1. The SMILES string of the molecule is CC1SCCCC1N(C)CC1CCNCC1. The lowest BCUT2D eigenvalue weighted by atomic mass is 9.96. The molecule has 1 N–H and O–H groups in total. The van der Waals surface area contributed by atoms with Crippen LogP contribution < -0.4 is 5.32 Å². The van der Waals surface area contributed by atoms with Crippen LogP contribution in [-0.4, -0.2) is 48.6 Å². The van der Waals surface area contributed by atoms with Gasteiger partial charge < -0.3 is 10.2 Å². The summed E-state index contributed by atoms with van der Waals surface area (Å²) in [6.07, 6.45) is 5.57. The maximum absolute atomic E-state index is 3.45. The Kier molecular flexibility index (Phi) is 4.98. The van der Waals surface area contributed by atoms with Gasteiger partial charge in [0, 0.05) is 17.8 Å². The molecule has 2 atom stereocenters. The Bertz CT molecular complexity index is 204. The number of thioether (sulfide) groups is 1. The number of nitrogens with one attached hydrogen (secondary N) is 1. The predicted octanol–water partition coefficient (Wildman–Crippen LogP) is 2.20. The Hall–Kier alpha value is 0.270. The fourth-order valence-corrected chi connectivity index (χ4v) is 4.36. The Morgan fingerprint density at radius 3 is 2.69 bits per heavy atom. The van der Waals surface area contributed by atoms with Crippen LogP contribution in [0.2, 0.25) is 0 Å². The summed E-state index contributed by atoms with van der Waals surface area (Å²) in [6.45, 7) is 6.19. The van der Waals surface area contributed by atoms with E-state index in [1.54, 1.807) is 0 Å². The molecule has 0 bridgehead atoms. The zero-order valence-corrected chi connectivity index (χ0v) is 11.6. The van der Waals surface area contributed by atoms with Crippen molar-refractivity contribution in [2.45, 2.75) is 43.9 Å². The second-order valence-electron chi connectivity index (χ2n) is 5.42. The maximum atomic E-state index is 3.45. The molecule has 0 spiro atoms. The molecule has 0 radical (unpaired) electrons. The van der Waals surface area contributed by atoms with Gasteiger partial charge >= 0.3 is 0 Å². The number of piperidine rings is 1. The normalized spacial score (nSPS) is 33.2. The second-order valence-corrected chi connectivity index (χ2v) is 6.90. The van der Waals surface area contributed by atoms with Gasteiger partial charge in [-0.25, -0.2) is 0 Å². The average Bonchev–Trinajstić information content (AvgIpc) is 2.31. The van der Waals surface area contributed by atoms with Crippen LogP contribution in [0, 0.1) is 5.92 Å². The number of hydrogen-bond acceptors (Lipinski definition) is 3. The summed E-state index contributed by atoms with van der Waals surface area (Å²) in [6, 6.07) is 0.827. The van der Waals surface area contributed by atoms with Crippen molar-refractivity contribution in [2.75, 3.05) is 32.4 Å². The van der Waals surface area contributed by atoms with Crippen molar-refractivity contribution >= 4 is 11.8 Å². The predicted molar refractivity (Wildman–Crippen MR) is 73.2 cm³/mol. The van der Waals surface area contributed by atoms with Crippen molar-refractivity contribution in [1.82, 2.24) is 10.2 Å². The van der Waals surface area contributed by atoms with E-state index >= 15 is 0 Å². The third-order valence-corrected chi connectivity index (χ3v) is 5.50. The van der Waals surface area contributed by atoms with E-state index in [9.17, 15) is 0 Å². The zero-order valence-electron chi connectivity index (χ0n) is 10.7. The van der Waals surface area contributed by atoms with Crippen LogP contribution in [0.15, 0.2) is 0 Å². The van der Waals surface area contributed by atoms with Crippen LogP contribution in [0.3, 0.4) is 0 Å². The second kappa shape index (κ2) is 6.27. The van der Waals surface area contributed by atoms with Gasteiger partial charge in [0.15, 0.2) is 0 Å². The molecule has 0 aromatic rings. The topological polar surface area (TPSA) is 15.3 Å². The van der Waals surface area contributed by atoms with Gasteiger partial charge in [0.1, 0.15) is 0 Å². The first kappa shape index (κ1) is 12.7. The van der Waals surface area contributed by atoms with Crippen LogP contribution in [0.25, 0.3) is 0 Å². The van der Waals surface area contributed by atoms with Crippen LogP contribution in [0.4, 0.5) is 0 Å². The van der Waals surface area contributed by atoms with Gasteiger partial charge in [-0.2, -0.15) is 11.8 Å². The summed E-state index contributed by atoms with van der Waals surface area (Å²) in [5, 5.41) is 4.29. The molecular formula is C13H26N2S. The van der Waals surface area contributed by atoms with Crippen LogP contribution in [0.5, 0.6) is 0 Å². The lowest BCUT2D eigenvalue weighted by molar-refractivity contribution is 0.175. The molecule has 2 unspecified atom stereocenters. The minimum Gasteiger partial charge on any atom is -0.317 e. The van der Waals surface area contributed by atoms with Gasteiger partial charge in [-0.05, 0) is 57.5 Å².